The van der Waals surface area contributed by atoms with Gasteiger partial charge in [-0.15, -0.1) is 0 Å². The van der Waals surface area contributed by atoms with E-state index in [4.69, 9.17) is 9.47 Å². The van der Waals surface area contributed by atoms with E-state index in [1.807, 2.05) is 56.3 Å². The van der Waals surface area contributed by atoms with Crippen molar-refractivity contribution < 1.29 is 29.9 Å². The molecule has 0 radical (unpaired) electrons. The Hall–Kier alpha value is -1.96. The van der Waals surface area contributed by atoms with Gasteiger partial charge in [0.2, 0.25) is 0 Å². The Morgan fingerprint density at radius 1 is 1.03 bits per heavy atom. The van der Waals surface area contributed by atoms with Gasteiger partial charge >= 0.3 is 0 Å². The first-order valence-electron chi connectivity index (χ1n) is 9.94. The average molecular weight is 402 g/mol. The smallest absolute Gasteiger partial charge is 0.119 e. The minimum Gasteiger partial charge on any atom is -0.494 e. The van der Waals surface area contributed by atoms with E-state index in [0.717, 1.165) is 22.4 Å². The van der Waals surface area contributed by atoms with Crippen LogP contribution in [0.15, 0.2) is 42.5 Å². The van der Waals surface area contributed by atoms with Crippen LogP contribution in [0.3, 0.4) is 0 Å². The Bertz CT molecular complexity index is 819. The molecule has 1 fully saturated rings. The summed E-state index contributed by atoms with van der Waals surface area (Å²) in [6, 6.07) is 13.7. The molecule has 4 N–H and O–H groups in total. The van der Waals surface area contributed by atoms with Gasteiger partial charge in [0.25, 0.3) is 0 Å². The van der Waals surface area contributed by atoms with Crippen molar-refractivity contribution in [3.63, 3.8) is 0 Å². The first-order chi connectivity index (χ1) is 13.8. The lowest BCUT2D eigenvalue weighted by Gasteiger charge is -2.47. The summed E-state index contributed by atoms with van der Waals surface area (Å²) in [6.07, 6.45) is -4.39. The van der Waals surface area contributed by atoms with E-state index in [0.29, 0.717) is 18.6 Å². The molecule has 0 spiro atoms. The summed E-state index contributed by atoms with van der Waals surface area (Å²) in [7, 11) is 0. The number of aliphatic hydroxyl groups excluding tert-OH is 4. The molecular weight excluding hydrogens is 372 g/mol. The minimum atomic E-state index is -1.42. The molecule has 5 unspecified atom stereocenters. The Kier molecular flexibility index (Phi) is 6.61. The topological polar surface area (TPSA) is 99.4 Å². The van der Waals surface area contributed by atoms with E-state index in [-0.39, 0.29) is 0 Å². The van der Waals surface area contributed by atoms with Gasteiger partial charge in [0.15, 0.2) is 0 Å². The third-order valence-electron chi connectivity index (χ3n) is 5.75. The predicted molar refractivity (Wildman–Crippen MR) is 109 cm³/mol. The van der Waals surface area contributed by atoms with Gasteiger partial charge in [0, 0.05) is 0 Å². The van der Waals surface area contributed by atoms with Crippen LogP contribution in [0.1, 0.15) is 36.1 Å². The van der Waals surface area contributed by atoms with E-state index in [9.17, 15) is 20.4 Å². The van der Waals surface area contributed by atoms with E-state index >= 15 is 0 Å². The van der Waals surface area contributed by atoms with Crippen molar-refractivity contribution >= 4 is 0 Å². The third kappa shape index (κ3) is 4.32. The number of ether oxygens (including phenoxy) is 2. The monoisotopic (exact) mass is 402 g/mol. The second kappa shape index (κ2) is 8.81. The van der Waals surface area contributed by atoms with Gasteiger partial charge in [-0.05, 0) is 61.6 Å². The maximum atomic E-state index is 10.6. The lowest BCUT2D eigenvalue weighted by molar-refractivity contribution is -0.273. The third-order valence-corrected chi connectivity index (χ3v) is 5.75. The molecule has 5 atom stereocenters. The highest BCUT2D eigenvalue weighted by molar-refractivity contribution is 5.39. The van der Waals surface area contributed by atoms with Gasteiger partial charge in [0.05, 0.1) is 13.2 Å². The summed E-state index contributed by atoms with van der Waals surface area (Å²) in [6.45, 7) is 5.80. The van der Waals surface area contributed by atoms with Crippen LogP contribution < -0.4 is 4.74 Å². The summed E-state index contributed by atoms with van der Waals surface area (Å²) in [5.74, 6) is 0.829. The zero-order chi connectivity index (χ0) is 21.2. The fourth-order valence-electron chi connectivity index (χ4n) is 3.83. The van der Waals surface area contributed by atoms with E-state index in [2.05, 4.69) is 0 Å². The van der Waals surface area contributed by atoms with Gasteiger partial charge < -0.3 is 29.9 Å². The van der Waals surface area contributed by atoms with Crippen LogP contribution in [0.25, 0.3) is 0 Å². The minimum absolute atomic E-state index is 0.453. The number of hydrogen-bond donors (Lipinski definition) is 4. The van der Waals surface area contributed by atoms with E-state index < -0.39 is 36.6 Å². The highest BCUT2D eigenvalue weighted by Crippen LogP contribution is 2.39. The molecule has 1 heterocycles. The lowest BCUT2D eigenvalue weighted by Crippen LogP contribution is -2.62. The van der Waals surface area contributed by atoms with Gasteiger partial charge in [-0.3, -0.25) is 0 Å². The molecular formula is C23H30O6. The van der Waals surface area contributed by atoms with Crippen LogP contribution in [0.5, 0.6) is 5.75 Å². The van der Waals surface area contributed by atoms with Crippen molar-refractivity contribution in [2.75, 3.05) is 13.2 Å². The van der Waals surface area contributed by atoms with Crippen LogP contribution in [0.2, 0.25) is 0 Å². The van der Waals surface area contributed by atoms with E-state index in [1.165, 1.54) is 0 Å². The lowest BCUT2D eigenvalue weighted by atomic mass is 9.80. The second-order valence-electron chi connectivity index (χ2n) is 7.77. The summed E-state index contributed by atoms with van der Waals surface area (Å²) in [5.41, 5.74) is 2.70. The number of aliphatic hydroxyl groups is 4. The van der Waals surface area contributed by atoms with Gasteiger partial charge in [-0.1, -0.05) is 30.3 Å². The van der Waals surface area contributed by atoms with Gasteiger partial charge in [-0.2, -0.15) is 0 Å². The summed E-state index contributed by atoms with van der Waals surface area (Å²) < 4.78 is 11.4. The Labute approximate surface area is 171 Å². The highest BCUT2D eigenvalue weighted by atomic mass is 16.6. The average Bonchev–Trinajstić information content (AvgIpc) is 2.72. The molecule has 29 heavy (non-hydrogen) atoms. The Balaban J connectivity index is 1.89. The van der Waals surface area contributed by atoms with Gasteiger partial charge in [-0.25, -0.2) is 0 Å². The van der Waals surface area contributed by atoms with Crippen LogP contribution in [0.4, 0.5) is 0 Å². The molecule has 1 saturated heterocycles. The molecule has 0 bridgehead atoms. The number of benzene rings is 2. The molecule has 0 aliphatic carbocycles. The molecule has 0 amide bonds. The summed E-state index contributed by atoms with van der Waals surface area (Å²) >= 11 is 0. The molecule has 2 aromatic rings. The number of hydrogen-bond acceptors (Lipinski definition) is 6. The number of aryl methyl sites for hydroxylation is 1. The molecule has 0 aromatic heterocycles. The summed E-state index contributed by atoms with van der Waals surface area (Å²) in [4.78, 5) is 0. The van der Waals surface area contributed by atoms with E-state index in [1.54, 1.807) is 6.92 Å². The molecule has 1 aliphatic heterocycles. The Morgan fingerprint density at radius 2 is 1.72 bits per heavy atom. The van der Waals surface area contributed by atoms with Gasteiger partial charge in [0.1, 0.15) is 35.8 Å². The number of rotatable bonds is 6. The largest absolute Gasteiger partial charge is 0.494 e. The van der Waals surface area contributed by atoms with Crippen molar-refractivity contribution in [1.82, 2.24) is 0 Å². The van der Waals surface area contributed by atoms with Crippen LogP contribution in [0, 0.1) is 6.92 Å². The predicted octanol–water partition coefficient (Wildman–Crippen LogP) is 1.67. The molecule has 2 aromatic carbocycles. The molecule has 6 nitrogen and oxygen atoms in total. The molecule has 6 heteroatoms. The highest BCUT2D eigenvalue weighted by Gasteiger charge is 2.51. The van der Waals surface area contributed by atoms with Crippen molar-refractivity contribution in [3.8, 4) is 5.75 Å². The summed E-state index contributed by atoms with van der Waals surface area (Å²) in [5, 5.41) is 40.5. The first-order valence-corrected chi connectivity index (χ1v) is 9.94. The second-order valence-corrected chi connectivity index (χ2v) is 7.77. The maximum absolute atomic E-state index is 10.6. The normalized spacial score (nSPS) is 29.6. The quantitative estimate of drug-likeness (QED) is 0.587. The van der Waals surface area contributed by atoms with Crippen molar-refractivity contribution in [2.24, 2.45) is 0 Å². The zero-order valence-corrected chi connectivity index (χ0v) is 17.1. The molecule has 3 rings (SSSR count). The standard InChI is InChI=1S/C23H30O6/c1-4-28-18-9-6-15(7-10-18)11-16-12-17(8-5-14(16)2)23(3)22(27)21(26)20(25)19(13-24)29-23/h5-10,12,19-22,24-27H,4,11,13H2,1-3H3. The molecule has 0 saturated carbocycles. The SMILES string of the molecule is CCOc1ccc(Cc2cc(C3(C)OC(CO)C(O)C(O)C3O)ccc2C)cc1. The zero-order valence-electron chi connectivity index (χ0n) is 17.1. The fourth-order valence-corrected chi connectivity index (χ4v) is 3.83. The van der Waals surface area contributed by atoms with Crippen LogP contribution in [-0.4, -0.2) is 58.1 Å². The van der Waals surface area contributed by atoms with Crippen molar-refractivity contribution in [2.45, 2.75) is 57.2 Å². The van der Waals surface area contributed by atoms with Crippen molar-refractivity contribution in [3.05, 3.63) is 64.7 Å². The van der Waals surface area contributed by atoms with Crippen LogP contribution in [-0.2, 0) is 16.8 Å². The van der Waals surface area contributed by atoms with Crippen LogP contribution >= 0.6 is 0 Å². The fraction of sp³-hybridized carbons (Fsp3) is 0.478. The molecule has 158 valence electrons. The Morgan fingerprint density at radius 3 is 2.34 bits per heavy atom. The van der Waals surface area contributed by atoms with Crippen molar-refractivity contribution in [1.29, 1.82) is 0 Å². The molecule has 1 aliphatic rings. The maximum Gasteiger partial charge on any atom is 0.119 e. The first kappa shape index (κ1) is 21.7.